The highest BCUT2D eigenvalue weighted by Gasteiger charge is 2.30. The van der Waals surface area contributed by atoms with Gasteiger partial charge in [0, 0.05) is 88.5 Å². The smallest absolute Gasteiger partial charge is 0.138 e. The van der Waals surface area contributed by atoms with Gasteiger partial charge in [0.1, 0.15) is 22.5 Å². The van der Waals surface area contributed by atoms with Crippen LogP contribution in [0.15, 0.2) is 498 Å². The Morgan fingerprint density at radius 1 is 0.181 bits per heavy atom. The van der Waals surface area contributed by atoms with E-state index in [1.165, 1.54) is 228 Å². The highest BCUT2D eigenvalue weighted by atomic mass is 32.1. The lowest BCUT2D eigenvalue weighted by Crippen LogP contribution is -2.03. The van der Waals surface area contributed by atoms with Crippen molar-refractivity contribution in [3.63, 3.8) is 0 Å². The number of nitrogens with zero attached hydrogens (tertiary/aromatic N) is 8. The Bertz CT molecular complexity index is 10900. The summed E-state index contributed by atoms with van der Waals surface area (Å²) >= 11 is 1.83. The van der Waals surface area contributed by atoms with Gasteiger partial charge in [-0.15, -0.1) is 11.3 Å². The lowest BCUT2D eigenvalue weighted by atomic mass is 9.89. The Morgan fingerprint density at radius 3 is 1.00 bits per heavy atom. The molecule has 0 amide bonds. The van der Waals surface area contributed by atoms with Gasteiger partial charge in [-0.25, -0.2) is 15.0 Å². The van der Waals surface area contributed by atoms with E-state index in [4.69, 9.17) is 15.0 Å². The molecule has 23 aromatic carbocycles. The van der Waals surface area contributed by atoms with Crippen molar-refractivity contribution in [2.24, 2.45) is 0 Å². The van der Waals surface area contributed by atoms with Crippen molar-refractivity contribution in [1.82, 2.24) is 37.3 Å². The molecule has 0 aliphatic heterocycles. The highest BCUT2D eigenvalue weighted by molar-refractivity contribution is 7.18. The Morgan fingerprint density at radius 2 is 0.514 bits per heavy atom. The first kappa shape index (κ1) is 81.1. The van der Waals surface area contributed by atoms with Crippen LogP contribution in [0.5, 0.6) is 0 Å². The number of para-hydroxylation sites is 4. The number of hydrogen-bond acceptors (Lipinski definition) is 4. The van der Waals surface area contributed by atoms with Gasteiger partial charge in [-0.05, 0) is 233 Å². The molecule has 8 nitrogen and oxygen atoms in total. The highest BCUT2D eigenvalue weighted by Crippen LogP contribution is 2.52. The Kier molecular flexibility index (Phi) is 18.2. The zero-order valence-corrected chi connectivity index (χ0v) is 78.6. The van der Waals surface area contributed by atoms with Gasteiger partial charge in [0.2, 0.25) is 0 Å². The standard InChI is InChI=1S/C51H30N2.C45H28N2S.C39H24N4/c1-3-10-36-28-38(20-16-31(36)8-1)48-42-14-5-6-15-43(42)49(39-21-17-32-9-2-4-11-37(32)29-39)51-50(48)52-45-27-24-40(30-53(45)51)41-25-22-35-19-18-33-12-7-13-34-23-26-44(41)47(35)46(33)34;1-2-12-31(13-3-1)39-23-24-40(48-39)36-22-25-41-46-44-42(34-20-18-29-10-4-6-14-32(29)26-34)37-16-8-9-17-38(37)43(45(44)47(41)28-36)35-21-19-30-11-5-7-15-33(30)27-35;1-2-18-30-29(17-1)37(42-31-19-7-3-13-25(31)26-14-4-8-20-32(26)42)36-39(41-24-12-11-23-35(41)40-36)38(30)43-33-21-9-5-15-27(33)28-16-6-10-22-34(28)43/h1-30H;1-28H;1-24H. The van der Waals surface area contributed by atoms with Gasteiger partial charge in [0.05, 0.1) is 61.0 Å². The van der Waals surface area contributed by atoms with Gasteiger partial charge < -0.3 is 9.13 Å². The first-order valence-electron chi connectivity index (χ1n) is 49.2. The third kappa shape index (κ3) is 12.6. The normalized spacial score (nSPS) is 12.0. The number of rotatable bonds is 9. The Labute approximate surface area is 829 Å². The fraction of sp³-hybridized carbons (Fsp3) is 0. The number of benzene rings is 23. The fourth-order valence-corrected chi connectivity index (χ4v) is 24.7. The van der Waals surface area contributed by atoms with Gasteiger partial charge in [0.25, 0.3) is 0 Å². The molecule has 0 aliphatic carbocycles. The monoisotopic (exact) mass is 1850 g/mol. The maximum absolute atomic E-state index is 5.50. The third-order valence-corrected chi connectivity index (χ3v) is 31.3. The van der Waals surface area contributed by atoms with Crippen LogP contribution in [-0.4, -0.2) is 37.3 Å². The minimum atomic E-state index is 0.928. The zero-order chi connectivity index (χ0) is 94.3. The summed E-state index contributed by atoms with van der Waals surface area (Å²) in [7, 11) is 0. The summed E-state index contributed by atoms with van der Waals surface area (Å²) in [5.41, 5.74) is 30.4. The molecule has 32 aromatic rings. The number of aromatic nitrogens is 8. The Hall–Kier alpha value is -18.9. The van der Waals surface area contributed by atoms with E-state index >= 15 is 0 Å². The number of pyridine rings is 3. The van der Waals surface area contributed by atoms with E-state index in [1.54, 1.807) is 0 Å². The van der Waals surface area contributed by atoms with Crippen molar-refractivity contribution in [2.75, 3.05) is 0 Å². The summed E-state index contributed by atoms with van der Waals surface area (Å²) in [6, 6.07) is 174. The van der Waals surface area contributed by atoms with E-state index in [9.17, 15) is 0 Å². The van der Waals surface area contributed by atoms with Crippen molar-refractivity contribution in [3.05, 3.63) is 498 Å². The van der Waals surface area contributed by atoms with E-state index in [0.29, 0.717) is 0 Å². The quantitative estimate of drug-likeness (QED) is 0.135. The third-order valence-electron chi connectivity index (χ3n) is 30.1. The molecule has 0 bridgehead atoms. The van der Waals surface area contributed by atoms with Gasteiger partial charge in [-0.3, -0.25) is 13.2 Å². The largest absolute Gasteiger partial charge is 0.306 e. The van der Waals surface area contributed by atoms with E-state index in [2.05, 4.69) is 520 Å². The predicted molar refractivity (Wildman–Crippen MR) is 609 cm³/mol. The second kappa shape index (κ2) is 32.3. The minimum Gasteiger partial charge on any atom is -0.306 e. The molecule has 0 saturated heterocycles. The van der Waals surface area contributed by atoms with Crippen LogP contribution < -0.4 is 0 Å². The fourth-order valence-electron chi connectivity index (χ4n) is 23.7. The van der Waals surface area contributed by atoms with Crippen LogP contribution in [0.4, 0.5) is 0 Å². The molecular formula is C135H82N8S. The molecule has 0 atom stereocenters. The summed E-state index contributed by atoms with van der Waals surface area (Å²) in [6.45, 7) is 0. The number of thiophene rings is 1. The summed E-state index contributed by atoms with van der Waals surface area (Å²) in [5.74, 6) is 0. The van der Waals surface area contributed by atoms with Gasteiger partial charge in [-0.1, -0.05) is 382 Å². The topological polar surface area (TPSA) is 61.8 Å². The van der Waals surface area contributed by atoms with Crippen LogP contribution in [-0.2, 0) is 0 Å². The number of hydrogen-bond donors (Lipinski definition) is 0. The molecule has 0 radical (unpaired) electrons. The van der Waals surface area contributed by atoms with Gasteiger partial charge >= 0.3 is 0 Å². The molecule has 32 rings (SSSR count). The molecule has 0 aliphatic rings. The first-order valence-corrected chi connectivity index (χ1v) is 50.1. The molecule has 9 aromatic heterocycles. The maximum atomic E-state index is 5.50. The lowest BCUT2D eigenvalue weighted by Gasteiger charge is -2.18. The molecule has 0 N–H and O–H groups in total. The van der Waals surface area contributed by atoms with E-state index in [1.807, 2.05) is 11.3 Å². The predicted octanol–water partition coefficient (Wildman–Crippen LogP) is 36.4. The molecule has 9 heteroatoms. The molecular weight excluding hydrogens is 1770 g/mol. The van der Waals surface area contributed by atoms with Crippen LogP contribution >= 0.6 is 11.3 Å². The molecule has 0 saturated carbocycles. The summed E-state index contributed by atoms with van der Waals surface area (Å²) in [5, 5.41) is 29.8. The van der Waals surface area contributed by atoms with Gasteiger partial charge in [0.15, 0.2) is 0 Å². The molecule has 144 heavy (non-hydrogen) atoms. The van der Waals surface area contributed by atoms with Crippen molar-refractivity contribution < 1.29 is 0 Å². The molecule has 668 valence electrons. The summed E-state index contributed by atoms with van der Waals surface area (Å²) in [6.07, 6.45) is 6.75. The minimum absolute atomic E-state index is 0.928. The number of fused-ring (bicyclic) bond motifs is 22. The van der Waals surface area contributed by atoms with Crippen molar-refractivity contribution in [1.29, 1.82) is 0 Å². The lowest BCUT2D eigenvalue weighted by molar-refractivity contribution is 1.16. The van der Waals surface area contributed by atoms with Crippen LogP contribution in [0.25, 0.3) is 289 Å². The van der Waals surface area contributed by atoms with E-state index in [-0.39, 0.29) is 0 Å². The van der Waals surface area contributed by atoms with Crippen LogP contribution in [0.3, 0.4) is 0 Å². The van der Waals surface area contributed by atoms with Crippen LogP contribution in [0.2, 0.25) is 0 Å². The second-order valence-electron chi connectivity index (χ2n) is 38.0. The summed E-state index contributed by atoms with van der Waals surface area (Å²) in [4.78, 5) is 18.8. The maximum Gasteiger partial charge on any atom is 0.138 e. The zero-order valence-electron chi connectivity index (χ0n) is 77.8. The second-order valence-corrected chi connectivity index (χ2v) is 39.1. The summed E-state index contributed by atoms with van der Waals surface area (Å²) < 4.78 is 11.8. The Balaban J connectivity index is 0.000000101. The molecule has 0 spiro atoms. The molecule has 9 heterocycles. The van der Waals surface area contributed by atoms with Crippen LogP contribution in [0.1, 0.15) is 0 Å². The van der Waals surface area contributed by atoms with Gasteiger partial charge in [-0.2, -0.15) is 0 Å². The average Bonchev–Trinajstić information content (AvgIpc) is 1.53. The number of imidazole rings is 3. The van der Waals surface area contributed by atoms with Crippen molar-refractivity contribution in [2.45, 2.75) is 0 Å². The first-order chi connectivity index (χ1) is 71.4. The van der Waals surface area contributed by atoms with Crippen molar-refractivity contribution >= 4 is 213 Å². The van der Waals surface area contributed by atoms with Crippen molar-refractivity contribution in [3.8, 4) is 87.9 Å². The van der Waals surface area contributed by atoms with E-state index < -0.39 is 0 Å². The molecule has 0 fully saturated rings. The van der Waals surface area contributed by atoms with E-state index in [0.717, 1.165) is 61.4 Å². The SMILES string of the molecule is c1ccc(-c2ccc(-c3ccc4nc5c(-c6ccc7ccccc7c6)c6ccccc6c(-c6ccc7ccccc7c6)c5n4c3)s2)cc1.c1ccc2c(-n3c4ccccc4c4ccccc43)c3c(nc4ccccn43)c(-n3c4ccccc4c4ccccc43)c2c1.c1ccc2cc(-c3c4ccccc4c(-c4ccc5ccccc5c4)c4c3nc3ccc(-c5ccc6ccc7cccc8ccc5c6c78)cn34)ccc2c1. The van der Waals surface area contributed by atoms with Crippen LogP contribution in [0, 0.1) is 0 Å². The average molecular weight is 1850 g/mol. The molecule has 0 unspecified atom stereocenters.